The van der Waals surface area contributed by atoms with Gasteiger partial charge in [-0.25, -0.2) is 4.98 Å². The summed E-state index contributed by atoms with van der Waals surface area (Å²) >= 11 is 0. The number of likely N-dealkylation sites (tertiary alicyclic amines) is 1. The number of nitrogens with zero attached hydrogens (tertiary/aromatic N) is 3. The van der Waals surface area contributed by atoms with E-state index in [1.54, 1.807) is 0 Å². The minimum atomic E-state index is 0.197. The van der Waals surface area contributed by atoms with Crippen LogP contribution in [0.15, 0.2) is 42.7 Å². The molecule has 1 fully saturated rings. The van der Waals surface area contributed by atoms with Crippen molar-refractivity contribution in [2.45, 2.75) is 31.7 Å². The Labute approximate surface area is 130 Å². The highest BCUT2D eigenvalue weighted by molar-refractivity contribution is 5.80. The van der Waals surface area contributed by atoms with E-state index in [2.05, 4.69) is 32.7 Å². The first-order valence-electron chi connectivity index (χ1n) is 8.18. The Kier molecular flexibility index (Phi) is 3.45. The average Bonchev–Trinajstić information content (AvgIpc) is 3.21. The van der Waals surface area contributed by atoms with E-state index < -0.39 is 0 Å². The van der Waals surface area contributed by atoms with Crippen LogP contribution >= 0.6 is 0 Å². The molecule has 2 aromatic rings. The lowest BCUT2D eigenvalue weighted by molar-refractivity contribution is -0.134. The van der Waals surface area contributed by atoms with Crippen molar-refractivity contribution in [3.63, 3.8) is 0 Å². The van der Waals surface area contributed by atoms with Crippen molar-refractivity contribution in [2.24, 2.45) is 5.92 Å². The SMILES string of the molecule is O=C([C@H]1CC=CCC1)N1CC[C@@H](n2cnc3ccccc32)C1. The maximum absolute atomic E-state index is 12.6. The second kappa shape index (κ2) is 5.59. The fourth-order valence-electron chi connectivity index (χ4n) is 3.71. The van der Waals surface area contributed by atoms with E-state index in [-0.39, 0.29) is 5.92 Å². The number of rotatable bonds is 2. The molecule has 22 heavy (non-hydrogen) atoms. The van der Waals surface area contributed by atoms with Gasteiger partial charge in [0.1, 0.15) is 0 Å². The fraction of sp³-hybridized carbons (Fsp3) is 0.444. The molecule has 1 aliphatic heterocycles. The molecule has 0 spiro atoms. The predicted molar refractivity (Wildman–Crippen MR) is 86.4 cm³/mol. The van der Waals surface area contributed by atoms with Gasteiger partial charge in [-0.1, -0.05) is 24.3 Å². The van der Waals surface area contributed by atoms with E-state index in [9.17, 15) is 4.79 Å². The molecule has 2 aliphatic rings. The Balaban J connectivity index is 1.50. The van der Waals surface area contributed by atoms with E-state index >= 15 is 0 Å². The van der Waals surface area contributed by atoms with E-state index in [0.29, 0.717) is 11.9 Å². The zero-order valence-corrected chi connectivity index (χ0v) is 12.7. The van der Waals surface area contributed by atoms with Crippen LogP contribution in [-0.4, -0.2) is 33.4 Å². The second-order valence-corrected chi connectivity index (χ2v) is 6.35. The standard InChI is InChI=1S/C18H21N3O/c22-18(14-6-2-1-3-7-14)20-11-10-15(12-20)21-13-19-16-8-4-5-9-17(16)21/h1-2,4-5,8-9,13-15H,3,6-7,10-12H2/t14-,15+/m0/s1. The Morgan fingerprint density at radius 3 is 2.95 bits per heavy atom. The largest absolute Gasteiger partial charge is 0.340 e. The quantitative estimate of drug-likeness (QED) is 0.798. The van der Waals surface area contributed by atoms with Crippen molar-refractivity contribution in [3.8, 4) is 0 Å². The van der Waals surface area contributed by atoms with Gasteiger partial charge in [-0.2, -0.15) is 0 Å². The van der Waals surface area contributed by atoms with Gasteiger partial charge in [-0.05, 0) is 37.8 Å². The molecule has 1 amide bonds. The molecule has 0 saturated carbocycles. The van der Waals surface area contributed by atoms with Gasteiger partial charge >= 0.3 is 0 Å². The molecule has 0 N–H and O–H groups in total. The van der Waals surface area contributed by atoms with Crippen LogP contribution in [0, 0.1) is 5.92 Å². The van der Waals surface area contributed by atoms with Crippen LogP contribution in [0.2, 0.25) is 0 Å². The summed E-state index contributed by atoms with van der Waals surface area (Å²) in [5.74, 6) is 0.541. The molecule has 4 heteroatoms. The lowest BCUT2D eigenvalue weighted by atomic mass is 9.93. The van der Waals surface area contributed by atoms with Gasteiger partial charge in [0.15, 0.2) is 0 Å². The third-order valence-corrected chi connectivity index (χ3v) is 4.97. The molecule has 0 bridgehead atoms. The van der Waals surface area contributed by atoms with Crippen molar-refractivity contribution >= 4 is 16.9 Å². The Morgan fingerprint density at radius 1 is 1.18 bits per heavy atom. The summed E-state index contributed by atoms with van der Waals surface area (Å²) < 4.78 is 2.24. The van der Waals surface area contributed by atoms with Crippen LogP contribution < -0.4 is 0 Å². The number of para-hydroxylation sites is 2. The highest BCUT2D eigenvalue weighted by Gasteiger charge is 2.31. The van der Waals surface area contributed by atoms with Crippen molar-refractivity contribution in [1.29, 1.82) is 0 Å². The number of imidazole rings is 1. The van der Waals surface area contributed by atoms with Gasteiger partial charge in [0.05, 0.1) is 23.4 Å². The first kappa shape index (κ1) is 13.6. The second-order valence-electron chi connectivity index (χ2n) is 6.35. The topological polar surface area (TPSA) is 38.1 Å². The van der Waals surface area contributed by atoms with Gasteiger partial charge in [-0.15, -0.1) is 0 Å². The highest BCUT2D eigenvalue weighted by atomic mass is 16.2. The van der Waals surface area contributed by atoms with Crippen LogP contribution in [-0.2, 0) is 4.79 Å². The number of benzene rings is 1. The van der Waals surface area contributed by atoms with Crippen molar-refractivity contribution < 1.29 is 4.79 Å². The maximum Gasteiger partial charge on any atom is 0.226 e. The normalized spacial score (nSPS) is 25.0. The Morgan fingerprint density at radius 2 is 2.09 bits per heavy atom. The molecule has 114 valence electrons. The van der Waals surface area contributed by atoms with Gasteiger partial charge < -0.3 is 9.47 Å². The lowest BCUT2D eigenvalue weighted by Crippen LogP contribution is -2.35. The number of carbonyl (C=O) groups is 1. The fourth-order valence-corrected chi connectivity index (χ4v) is 3.71. The van der Waals surface area contributed by atoms with E-state index in [0.717, 1.165) is 44.3 Å². The van der Waals surface area contributed by atoms with Gasteiger partial charge in [0, 0.05) is 19.0 Å². The zero-order valence-electron chi connectivity index (χ0n) is 12.7. The summed E-state index contributed by atoms with van der Waals surface area (Å²) in [5, 5.41) is 0. The van der Waals surface area contributed by atoms with Crippen LogP contribution in [0.3, 0.4) is 0 Å². The molecule has 2 heterocycles. The molecule has 0 radical (unpaired) electrons. The molecule has 1 aromatic carbocycles. The van der Waals surface area contributed by atoms with Crippen LogP contribution in [0.5, 0.6) is 0 Å². The zero-order chi connectivity index (χ0) is 14.9. The third-order valence-electron chi connectivity index (χ3n) is 4.97. The number of carbonyl (C=O) groups excluding carboxylic acids is 1. The molecular formula is C18H21N3O. The summed E-state index contributed by atoms with van der Waals surface area (Å²) in [4.78, 5) is 19.2. The molecule has 4 nitrogen and oxygen atoms in total. The molecule has 0 unspecified atom stereocenters. The number of allylic oxidation sites excluding steroid dienone is 2. The summed E-state index contributed by atoms with van der Waals surface area (Å²) in [6.07, 6.45) is 10.2. The van der Waals surface area contributed by atoms with Crippen molar-refractivity contribution in [2.75, 3.05) is 13.1 Å². The third kappa shape index (κ3) is 2.32. The molecular weight excluding hydrogens is 274 g/mol. The van der Waals surface area contributed by atoms with Gasteiger partial charge in [0.25, 0.3) is 0 Å². The summed E-state index contributed by atoms with van der Waals surface area (Å²) in [5.41, 5.74) is 2.20. The summed E-state index contributed by atoms with van der Waals surface area (Å²) in [7, 11) is 0. The van der Waals surface area contributed by atoms with E-state index in [1.807, 2.05) is 24.5 Å². The molecule has 2 atom stereocenters. The molecule has 1 saturated heterocycles. The molecule has 4 rings (SSSR count). The van der Waals surface area contributed by atoms with Crippen molar-refractivity contribution in [3.05, 3.63) is 42.7 Å². The average molecular weight is 295 g/mol. The van der Waals surface area contributed by atoms with Gasteiger partial charge in [0.2, 0.25) is 5.91 Å². The summed E-state index contributed by atoms with van der Waals surface area (Å²) in [6.45, 7) is 1.69. The van der Waals surface area contributed by atoms with Crippen molar-refractivity contribution in [1.82, 2.24) is 14.5 Å². The minimum Gasteiger partial charge on any atom is -0.340 e. The monoisotopic (exact) mass is 295 g/mol. The first-order valence-corrected chi connectivity index (χ1v) is 8.18. The Hall–Kier alpha value is -2.10. The number of hydrogen-bond donors (Lipinski definition) is 0. The lowest BCUT2D eigenvalue weighted by Gasteiger charge is -2.24. The molecule has 1 aromatic heterocycles. The van der Waals surface area contributed by atoms with Crippen LogP contribution in [0.1, 0.15) is 31.7 Å². The summed E-state index contributed by atoms with van der Waals surface area (Å²) in [6, 6.07) is 8.57. The molecule has 1 aliphatic carbocycles. The first-order chi connectivity index (χ1) is 10.8. The number of amides is 1. The van der Waals surface area contributed by atoms with Crippen LogP contribution in [0.25, 0.3) is 11.0 Å². The maximum atomic E-state index is 12.6. The number of fused-ring (bicyclic) bond motifs is 1. The smallest absolute Gasteiger partial charge is 0.226 e. The minimum absolute atomic E-state index is 0.197. The number of aromatic nitrogens is 2. The van der Waals surface area contributed by atoms with Crippen LogP contribution in [0.4, 0.5) is 0 Å². The highest BCUT2D eigenvalue weighted by Crippen LogP contribution is 2.29. The van der Waals surface area contributed by atoms with Gasteiger partial charge in [-0.3, -0.25) is 4.79 Å². The van der Waals surface area contributed by atoms with E-state index in [4.69, 9.17) is 0 Å². The number of hydrogen-bond acceptors (Lipinski definition) is 2. The predicted octanol–water partition coefficient (Wildman–Crippen LogP) is 3.17. The Bertz CT molecular complexity index is 718. The van der Waals surface area contributed by atoms with E-state index in [1.165, 1.54) is 5.52 Å².